The molecule has 0 aromatic rings. The van der Waals surface area contributed by atoms with Gasteiger partial charge in [0, 0.05) is 11.8 Å². The smallest absolute Gasteiger partial charge is 0.384 e. The number of carboxylic acid groups (broad SMARTS) is 1. The number of hydrogen-bond donors (Lipinski definition) is 1. The van der Waals surface area contributed by atoms with Gasteiger partial charge in [0.25, 0.3) is 0 Å². The molecule has 0 aliphatic heterocycles. The Bertz CT molecular complexity index is 332. The summed E-state index contributed by atoms with van der Waals surface area (Å²) < 4.78 is 9.41. The standard InChI is InChI=1S/C11H14O5/c1-8(2)9(4-5-11(14)15-3)16-7-6-10(12)13/h6-9H,1-3H3,(H,12,13)/b7-6+. The molecule has 1 N–H and O–H groups in total. The van der Waals surface area contributed by atoms with Crippen LogP contribution in [-0.4, -0.2) is 30.3 Å². The van der Waals surface area contributed by atoms with Crippen LogP contribution in [0.2, 0.25) is 0 Å². The number of carboxylic acids is 1. The van der Waals surface area contributed by atoms with E-state index in [2.05, 4.69) is 16.6 Å². The van der Waals surface area contributed by atoms with Crippen LogP contribution in [0.3, 0.4) is 0 Å². The van der Waals surface area contributed by atoms with Crippen LogP contribution >= 0.6 is 0 Å². The summed E-state index contributed by atoms with van der Waals surface area (Å²) in [5.74, 6) is 3.05. The Hall–Kier alpha value is -1.96. The van der Waals surface area contributed by atoms with Crippen molar-refractivity contribution < 1.29 is 24.2 Å². The third kappa shape index (κ3) is 6.49. The van der Waals surface area contributed by atoms with Crippen molar-refractivity contribution >= 4 is 11.9 Å². The lowest BCUT2D eigenvalue weighted by Gasteiger charge is -2.13. The van der Waals surface area contributed by atoms with Gasteiger partial charge in [0.15, 0.2) is 6.10 Å². The Kier molecular flexibility index (Phi) is 6.45. The summed E-state index contributed by atoms with van der Waals surface area (Å²) in [5.41, 5.74) is 0. The molecule has 0 bridgehead atoms. The van der Waals surface area contributed by atoms with Crippen molar-refractivity contribution in [3.8, 4) is 11.8 Å². The molecule has 0 aliphatic carbocycles. The Labute approximate surface area is 94.0 Å². The van der Waals surface area contributed by atoms with Gasteiger partial charge in [-0.25, -0.2) is 9.59 Å². The van der Waals surface area contributed by atoms with Crippen molar-refractivity contribution in [3.63, 3.8) is 0 Å². The number of hydrogen-bond acceptors (Lipinski definition) is 4. The van der Waals surface area contributed by atoms with Gasteiger partial charge >= 0.3 is 11.9 Å². The van der Waals surface area contributed by atoms with Gasteiger partial charge in [0.05, 0.1) is 19.4 Å². The second-order valence-electron chi connectivity index (χ2n) is 3.20. The highest BCUT2D eigenvalue weighted by Gasteiger charge is 2.10. The molecule has 0 aromatic heterocycles. The fourth-order valence-corrected chi connectivity index (χ4v) is 0.721. The van der Waals surface area contributed by atoms with Crippen LogP contribution in [0.15, 0.2) is 12.3 Å². The van der Waals surface area contributed by atoms with Gasteiger partial charge in [-0.05, 0) is 5.92 Å². The van der Waals surface area contributed by atoms with Gasteiger partial charge in [-0.15, -0.1) is 0 Å². The second kappa shape index (κ2) is 7.35. The molecule has 0 amide bonds. The maximum Gasteiger partial charge on any atom is 0.384 e. The monoisotopic (exact) mass is 226 g/mol. The predicted octanol–water partition coefficient (Wildman–Crippen LogP) is 0.802. The molecule has 0 heterocycles. The zero-order chi connectivity index (χ0) is 12.6. The molecule has 0 aromatic carbocycles. The normalized spacial score (nSPS) is 11.8. The summed E-state index contributed by atoms with van der Waals surface area (Å²) in [6.45, 7) is 3.68. The second-order valence-corrected chi connectivity index (χ2v) is 3.20. The highest BCUT2D eigenvalue weighted by molar-refractivity contribution is 5.88. The van der Waals surface area contributed by atoms with E-state index in [0.29, 0.717) is 0 Å². The quantitative estimate of drug-likeness (QED) is 0.252. The fraction of sp³-hybridized carbons (Fsp3) is 0.455. The molecule has 88 valence electrons. The molecule has 0 rings (SSSR count). The highest BCUT2D eigenvalue weighted by atomic mass is 16.5. The van der Waals surface area contributed by atoms with E-state index in [-0.39, 0.29) is 5.92 Å². The number of carbonyl (C=O) groups is 2. The SMILES string of the molecule is COC(=O)C#CC(O/C=C/C(=O)O)C(C)C. The van der Waals surface area contributed by atoms with Crippen molar-refractivity contribution in [1.29, 1.82) is 0 Å². The molecule has 5 heteroatoms. The van der Waals surface area contributed by atoms with Crippen molar-refractivity contribution in [3.05, 3.63) is 12.3 Å². The van der Waals surface area contributed by atoms with Gasteiger partial charge in [0.2, 0.25) is 0 Å². The Morgan fingerprint density at radius 1 is 1.38 bits per heavy atom. The average Bonchev–Trinajstić information content (AvgIpc) is 2.21. The lowest BCUT2D eigenvalue weighted by atomic mass is 10.1. The number of esters is 1. The Morgan fingerprint density at radius 3 is 2.44 bits per heavy atom. The first-order chi connectivity index (χ1) is 7.47. The summed E-state index contributed by atoms with van der Waals surface area (Å²) in [6, 6.07) is 0. The molecule has 0 aliphatic rings. The number of aliphatic carboxylic acids is 1. The summed E-state index contributed by atoms with van der Waals surface area (Å²) in [7, 11) is 1.23. The Morgan fingerprint density at radius 2 is 2.00 bits per heavy atom. The third-order valence-corrected chi connectivity index (χ3v) is 1.54. The highest BCUT2D eigenvalue weighted by Crippen LogP contribution is 2.05. The van der Waals surface area contributed by atoms with E-state index in [4.69, 9.17) is 9.84 Å². The first-order valence-electron chi connectivity index (χ1n) is 4.61. The van der Waals surface area contributed by atoms with Crippen LogP contribution in [0.25, 0.3) is 0 Å². The van der Waals surface area contributed by atoms with E-state index >= 15 is 0 Å². The van der Waals surface area contributed by atoms with Crippen molar-refractivity contribution in [2.45, 2.75) is 20.0 Å². The zero-order valence-electron chi connectivity index (χ0n) is 9.39. The van der Waals surface area contributed by atoms with Gasteiger partial charge < -0.3 is 14.6 Å². The largest absolute Gasteiger partial charge is 0.485 e. The van der Waals surface area contributed by atoms with Gasteiger partial charge in [-0.2, -0.15) is 0 Å². The van der Waals surface area contributed by atoms with Crippen molar-refractivity contribution in [1.82, 2.24) is 0 Å². The van der Waals surface area contributed by atoms with Crippen molar-refractivity contribution in [2.24, 2.45) is 5.92 Å². The minimum atomic E-state index is -1.11. The van der Waals surface area contributed by atoms with E-state index in [1.807, 2.05) is 13.8 Å². The summed E-state index contributed by atoms with van der Waals surface area (Å²) >= 11 is 0. The molecule has 0 fully saturated rings. The summed E-state index contributed by atoms with van der Waals surface area (Å²) in [6.07, 6.45) is 1.35. The minimum absolute atomic E-state index is 0.0237. The molecule has 0 radical (unpaired) electrons. The topological polar surface area (TPSA) is 72.8 Å². The molecule has 5 nitrogen and oxygen atoms in total. The molecule has 0 saturated heterocycles. The van der Waals surface area contributed by atoms with Crippen LogP contribution in [0.1, 0.15) is 13.8 Å². The van der Waals surface area contributed by atoms with Crippen LogP contribution in [0.5, 0.6) is 0 Å². The first-order valence-corrected chi connectivity index (χ1v) is 4.61. The molecule has 16 heavy (non-hydrogen) atoms. The zero-order valence-corrected chi connectivity index (χ0v) is 9.39. The lowest BCUT2D eigenvalue weighted by molar-refractivity contribution is -0.134. The third-order valence-electron chi connectivity index (χ3n) is 1.54. The maximum absolute atomic E-state index is 10.8. The number of methoxy groups -OCH3 is 1. The molecule has 0 saturated carbocycles. The molecular weight excluding hydrogens is 212 g/mol. The number of rotatable bonds is 4. The van der Waals surface area contributed by atoms with E-state index in [1.54, 1.807) is 0 Å². The van der Waals surface area contributed by atoms with Gasteiger partial charge in [-0.1, -0.05) is 13.8 Å². The summed E-state index contributed by atoms with van der Waals surface area (Å²) in [5, 5.41) is 8.34. The maximum atomic E-state index is 10.8. The van der Waals surface area contributed by atoms with Crippen LogP contribution in [0.4, 0.5) is 0 Å². The first kappa shape index (κ1) is 14.0. The molecule has 1 atom stereocenters. The molecule has 1 unspecified atom stereocenters. The van der Waals surface area contributed by atoms with E-state index < -0.39 is 18.0 Å². The minimum Gasteiger partial charge on any atom is -0.485 e. The Balaban J connectivity index is 4.43. The van der Waals surface area contributed by atoms with Crippen LogP contribution < -0.4 is 0 Å². The fourth-order valence-electron chi connectivity index (χ4n) is 0.721. The number of ether oxygens (including phenoxy) is 2. The van der Waals surface area contributed by atoms with Crippen molar-refractivity contribution in [2.75, 3.05) is 7.11 Å². The molecular formula is C11H14O5. The van der Waals surface area contributed by atoms with E-state index in [1.165, 1.54) is 7.11 Å². The van der Waals surface area contributed by atoms with Crippen LogP contribution in [-0.2, 0) is 19.1 Å². The summed E-state index contributed by atoms with van der Waals surface area (Å²) in [4.78, 5) is 20.9. The van der Waals surface area contributed by atoms with E-state index in [9.17, 15) is 9.59 Å². The average molecular weight is 226 g/mol. The van der Waals surface area contributed by atoms with Gasteiger partial charge in [-0.3, -0.25) is 0 Å². The predicted molar refractivity (Wildman–Crippen MR) is 56.3 cm³/mol. The number of carbonyl (C=O) groups excluding carboxylic acids is 1. The van der Waals surface area contributed by atoms with Crippen LogP contribution in [0, 0.1) is 17.8 Å². The lowest BCUT2D eigenvalue weighted by Crippen LogP contribution is -2.15. The molecule has 0 spiro atoms. The van der Waals surface area contributed by atoms with E-state index in [0.717, 1.165) is 12.3 Å². The van der Waals surface area contributed by atoms with Gasteiger partial charge in [0.1, 0.15) is 0 Å².